The maximum absolute atomic E-state index is 14.0. The Hall–Kier alpha value is -0.650. The van der Waals surface area contributed by atoms with Gasteiger partial charge in [-0.25, -0.2) is 0 Å². The molecule has 1 fully saturated rings. The van der Waals surface area contributed by atoms with Crippen molar-refractivity contribution in [2.24, 2.45) is 0 Å². The third-order valence-electron chi connectivity index (χ3n) is 4.38. The Morgan fingerprint density at radius 3 is 1.00 bits per heavy atom. The minimum absolute atomic E-state index is 0.717. The van der Waals surface area contributed by atoms with Gasteiger partial charge in [-0.1, -0.05) is 0 Å². The Kier molecular flexibility index (Phi) is 8.62. The van der Waals surface area contributed by atoms with Crippen LogP contribution in [0.1, 0.15) is 27.7 Å². The van der Waals surface area contributed by atoms with Crippen molar-refractivity contribution in [3.8, 4) is 0 Å². The number of hydrogen-bond acceptors (Lipinski definition) is 6. The van der Waals surface area contributed by atoms with Gasteiger partial charge >= 0.3 is 184 Å². The van der Waals surface area contributed by atoms with Crippen molar-refractivity contribution in [2.75, 3.05) is 26.4 Å². The monoisotopic (exact) mass is 556 g/mol. The molecule has 0 bridgehead atoms. The van der Waals surface area contributed by atoms with E-state index in [-0.39, 0.29) is 0 Å². The zero-order chi connectivity index (χ0) is 27.1. The summed E-state index contributed by atoms with van der Waals surface area (Å²) in [7, 11) is -7.41. The summed E-state index contributed by atoms with van der Waals surface area (Å²) in [5.41, 5.74) is -14.2. The van der Waals surface area contributed by atoms with Crippen molar-refractivity contribution in [1.29, 1.82) is 0 Å². The molecule has 206 valence electrons. The predicted molar refractivity (Wildman–Crippen MR) is 89.1 cm³/mol. The van der Waals surface area contributed by atoms with Crippen molar-refractivity contribution in [3.05, 3.63) is 0 Å². The molecule has 1 aliphatic rings. The van der Waals surface area contributed by atoms with E-state index in [4.69, 9.17) is 18.5 Å². The number of halogens is 12. The van der Waals surface area contributed by atoms with Gasteiger partial charge in [0.15, 0.2) is 0 Å². The number of rotatable bonds is 9. The fraction of sp³-hybridized carbons (Fsp3) is 1.00. The molecule has 1 aliphatic heterocycles. The molecule has 0 N–H and O–H groups in total. The molecule has 34 heavy (non-hydrogen) atoms. The second kappa shape index (κ2) is 9.34. The summed E-state index contributed by atoms with van der Waals surface area (Å²) in [6.07, 6.45) is -29.7. The molecule has 1 saturated heterocycles. The summed E-state index contributed by atoms with van der Waals surface area (Å²) >= 11 is 0. The van der Waals surface area contributed by atoms with Gasteiger partial charge in [0.25, 0.3) is 0 Å². The van der Waals surface area contributed by atoms with Crippen LogP contribution in [0.25, 0.3) is 0 Å². The number of hydrogen-bond donors (Lipinski definition) is 0. The first kappa shape index (κ1) is 31.4. The van der Waals surface area contributed by atoms with E-state index in [0.717, 1.165) is 27.7 Å². The van der Waals surface area contributed by atoms with Gasteiger partial charge in [0.1, 0.15) is 0 Å². The molecule has 0 aliphatic carbocycles. The van der Waals surface area contributed by atoms with Gasteiger partial charge in [-0.05, 0) is 0 Å². The van der Waals surface area contributed by atoms with E-state index in [0.29, 0.717) is 0 Å². The van der Waals surface area contributed by atoms with E-state index in [2.05, 4.69) is 9.05 Å². The van der Waals surface area contributed by atoms with Crippen molar-refractivity contribution < 1.29 is 80.3 Å². The maximum atomic E-state index is 14.0. The van der Waals surface area contributed by atoms with Crippen LogP contribution in [0.5, 0.6) is 0 Å². The molecule has 0 radical (unpaired) electrons. The molecule has 1 heterocycles. The summed E-state index contributed by atoms with van der Waals surface area (Å²) in [4.78, 5) is 0. The molecule has 19 heteroatoms. The van der Waals surface area contributed by atoms with Crippen LogP contribution in [-0.4, -0.2) is 68.4 Å². The van der Waals surface area contributed by atoms with Gasteiger partial charge in [0, 0.05) is 0 Å². The number of ether oxygens (including phenoxy) is 2. The summed E-state index contributed by atoms with van der Waals surface area (Å²) in [6, 6.07) is -2.93. The van der Waals surface area contributed by atoms with Crippen LogP contribution in [0, 0.1) is 0 Å². The topological polar surface area (TPSA) is 55.4 Å². The average molecular weight is 556 g/mol. The van der Waals surface area contributed by atoms with E-state index in [1.807, 2.05) is 0 Å². The van der Waals surface area contributed by atoms with Crippen LogP contribution >= 0.6 is 7.51 Å². The van der Waals surface area contributed by atoms with Crippen molar-refractivity contribution in [3.63, 3.8) is 0 Å². The molecule has 0 aromatic rings. The van der Waals surface area contributed by atoms with Crippen LogP contribution in [0.4, 0.5) is 52.7 Å². The Morgan fingerprint density at radius 2 is 0.824 bits per heavy atom. The van der Waals surface area contributed by atoms with Gasteiger partial charge in [-0.15, -0.1) is 0 Å². The van der Waals surface area contributed by atoms with Gasteiger partial charge in [-0.3, -0.25) is 0 Å². The molecule has 0 spiro atoms. The summed E-state index contributed by atoms with van der Waals surface area (Å²) < 4.78 is 195. The second-order valence-corrected chi connectivity index (χ2v) is 9.50. The van der Waals surface area contributed by atoms with Crippen molar-refractivity contribution in [2.45, 2.75) is 69.6 Å². The quantitative estimate of drug-likeness (QED) is 0.186. The molecule has 0 atom stereocenters. The third kappa shape index (κ3) is 4.26. The normalized spacial score (nSPS) is 23.6. The first-order valence-electron chi connectivity index (χ1n) is 9.37. The third-order valence-corrected chi connectivity index (χ3v) is 8.02. The van der Waals surface area contributed by atoms with E-state index in [9.17, 15) is 52.7 Å². The summed E-state index contributed by atoms with van der Waals surface area (Å²) in [5, 5.41) is 0. The molecule has 0 saturated carbocycles. The minimum atomic E-state index is -7.44. The van der Waals surface area contributed by atoms with Crippen LogP contribution in [0.15, 0.2) is 0 Å². The van der Waals surface area contributed by atoms with Crippen LogP contribution in [-0.2, 0) is 27.6 Å². The van der Waals surface area contributed by atoms with Gasteiger partial charge in [0.05, 0.1) is 0 Å². The molecule has 6 nitrogen and oxygen atoms in total. The zero-order valence-electron chi connectivity index (χ0n) is 17.8. The van der Waals surface area contributed by atoms with E-state index in [1.165, 1.54) is 0 Å². The summed E-state index contributed by atoms with van der Waals surface area (Å²) in [6.45, 7) is 0.0388. The first-order chi connectivity index (χ1) is 15.1. The van der Waals surface area contributed by atoms with Crippen LogP contribution in [0.3, 0.4) is 0 Å². The summed E-state index contributed by atoms with van der Waals surface area (Å²) in [5.74, 6) is 0. The zero-order valence-corrected chi connectivity index (χ0v) is 18.7. The molecule has 1 rings (SSSR count). The standard InChI is InChI=1S/C15H21F12O6P/c1-5-28-9(29-6-2)34(30-7-3,31-8-4)32-10(12(16,17)18,13(19,20)21)11(33-34,14(22,23)24)15(25,26)27/h9H,5-8H2,1-4H3. The molecule has 0 unspecified atom stereocenters. The second-order valence-electron chi connectivity index (χ2n) is 6.46. The van der Waals surface area contributed by atoms with E-state index >= 15 is 0 Å². The predicted octanol–water partition coefficient (Wildman–Crippen LogP) is 6.40. The molecular weight excluding hydrogens is 535 g/mol. The average Bonchev–Trinajstić information content (AvgIpc) is 2.93. The SMILES string of the molecule is CCOC(OCC)P1(OCC)(OCC)OC(C(F)(F)F)(C(F)(F)F)C(C(F)(F)F)(C(F)(F)F)O1. The number of alkyl halides is 12. The fourth-order valence-corrected chi connectivity index (χ4v) is 7.47. The van der Waals surface area contributed by atoms with Gasteiger partial charge in [-0.2, -0.15) is 0 Å². The first-order valence-corrected chi connectivity index (χ1v) is 11.3. The Balaban J connectivity index is 4.48. The molecule has 0 aromatic heterocycles. The van der Waals surface area contributed by atoms with Crippen LogP contribution in [0.2, 0.25) is 0 Å². The van der Waals surface area contributed by atoms with Gasteiger partial charge in [0.2, 0.25) is 0 Å². The van der Waals surface area contributed by atoms with E-state index < -0.39 is 75.9 Å². The Bertz CT molecular complexity index is 620. The fourth-order valence-electron chi connectivity index (χ4n) is 3.36. The van der Waals surface area contributed by atoms with Crippen molar-refractivity contribution in [1.82, 2.24) is 0 Å². The Morgan fingerprint density at radius 1 is 0.559 bits per heavy atom. The molecular formula is C15H21F12O6P. The van der Waals surface area contributed by atoms with Crippen LogP contribution < -0.4 is 0 Å². The van der Waals surface area contributed by atoms with Crippen molar-refractivity contribution >= 4 is 7.51 Å². The molecule has 0 amide bonds. The molecule has 0 aromatic carbocycles. The Labute approximate surface area is 185 Å². The van der Waals surface area contributed by atoms with Gasteiger partial charge < -0.3 is 0 Å². The van der Waals surface area contributed by atoms with E-state index in [1.54, 1.807) is 0 Å².